The fourth-order valence-corrected chi connectivity index (χ4v) is 1.31. The van der Waals surface area contributed by atoms with Crippen LogP contribution in [-0.2, 0) is 0 Å². The van der Waals surface area contributed by atoms with E-state index in [0.717, 1.165) is 5.69 Å². The molecule has 0 radical (unpaired) electrons. The molecule has 0 atom stereocenters. The predicted molar refractivity (Wildman–Crippen MR) is 71.2 cm³/mol. The number of hydrazine groups is 1. The topological polar surface area (TPSA) is 41.1 Å². The molecule has 0 saturated heterocycles. The first-order valence-corrected chi connectivity index (χ1v) is 5.03. The highest BCUT2D eigenvalue weighted by Gasteiger charge is 2.02. The number of para-hydroxylation sites is 1. The Bertz CT molecular complexity index is 459. The largest absolute Gasteiger partial charge is 0.298 e. The van der Waals surface area contributed by atoms with Crippen molar-refractivity contribution in [3.63, 3.8) is 0 Å². The molecule has 0 saturated carbocycles. The lowest BCUT2D eigenvalue weighted by molar-refractivity contribution is 0.0962. The van der Waals surface area contributed by atoms with Gasteiger partial charge < -0.3 is 0 Å². The molecule has 17 heavy (non-hydrogen) atoms. The van der Waals surface area contributed by atoms with Crippen molar-refractivity contribution in [3.05, 3.63) is 66.2 Å². The highest BCUT2D eigenvalue weighted by atomic mass is 35.5. The second kappa shape index (κ2) is 6.55. The molecule has 0 aliphatic rings. The van der Waals surface area contributed by atoms with E-state index in [4.69, 9.17) is 0 Å². The first-order valence-electron chi connectivity index (χ1n) is 5.03. The number of rotatable bonds is 3. The van der Waals surface area contributed by atoms with Gasteiger partial charge in [-0.05, 0) is 24.3 Å². The number of nitrogens with one attached hydrogen (secondary N) is 2. The molecule has 0 fully saturated rings. The van der Waals surface area contributed by atoms with Crippen LogP contribution in [0.1, 0.15) is 10.4 Å². The van der Waals surface area contributed by atoms with Crippen molar-refractivity contribution in [2.75, 3.05) is 5.43 Å². The van der Waals surface area contributed by atoms with Crippen LogP contribution in [0.2, 0.25) is 0 Å². The van der Waals surface area contributed by atoms with E-state index in [1.54, 1.807) is 12.1 Å². The van der Waals surface area contributed by atoms with Gasteiger partial charge in [-0.25, -0.2) is 0 Å². The van der Waals surface area contributed by atoms with Crippen LogP contribution in [0.25, 0.3) is 0 Å². The summed E-state index contributed by atoms with van der Waals surface area (Å²) in [5, 5.41) is 0. The molecule has 88 valence electrons. The van der Waals surface area contributed by atoms with Crippen molar-refractivity contribution in [1.82, 2.24) is 5.43 Å². The van der Waals surface area contributed by atoms with Gasteiger partial charge in [0.15, 0.2) is 0 Å². The third-order valence-electron chi connectivity index (χ3n) is 2.13. The molecule has 2 aromatic rings. The maximum absolute atomic E-state index is 11.6. The molecule has 0 bridgehead atoms. The van der Waals surface area contributed by atoms with Crippen LogP contribution in [0.15, 0.2) is 60.7 Å². The summed E-state index contributed by atoms with van der Waals surface area (Å²) in [4.78, 5) is 11.6. The van der Waals surface area contributed by atoms with Gasteiger partial charge in [-0.3, -0.25) is 15.6 Å². The molecular weight excluding hydrogens is 236 g/mol. The number of benzene rings is 2. The maximum Gasteiger partial charge on any atom is 0.269 e. The van der Waals surface area contributed by atoms with Gasteiger partial charge in [0.05, 0.1) is 5.69 Å². The minimum atomic E-state index is -0.149. The summed E-state index contributed by atoms with van der Waals surface area (Å²) in [7, 11) is 0. The third kappa shape index (κ3) is 3.81. The Labute approximate surface area is 106 Å². The molecular formula is C13H13ClN2O. The lowest BCUT2D eigenvalue weighted by atomic mass is 10.2. The van der Waals surface area contributed by atoms with Crippen molar-refractivity contribution in [3.8, 4) is 0 Å². The molecule has 0 aliphatic carbocycles. The van der Waals surface area contributed by atoms with E-state index in [1.165, 1.54) is 0 Å². The Kier molecular flexibility index (Phi) is 5.04. The molecule has 1 amide bonds. The van der Waals surface area contributed by atoms with Gasteiger partial charge in [0.25, 0.3) is 5.91 Å². The zero-order chi connectivity index (χ0) is 11.2. The first kappa shape index (κ1) is 13.1. The minimum absolute atomic E-state index is 0. The average molecular weight is 249 g/mol. The van der Waals surface area contributed by atoms with Crippen molar-refractivity contribution < 1.29 is 4.79 Å². The van der Waals surface area contributed by atoms with E-state index < -0.39 is 0 Å². The van der Waals surface area contributed by atoms with Crippen molar-refractivity contribution >= 4 is 24.0 Å². The normalized spacial score (nSPS) is 8.94. The quantitative estimate of drug-likeness (QED) is 0.820. The molecule has 3 nitrogen and oxygen atoms in total. The summed E-state index contributed by atoms with van der Waals surface area (Å²) < 4.78 is 0. The summed E-state index contributed by atoms with van der Waals surface area (Å²) in [5.74, 6) is -0.149. The van der Waals surface area contributed by atoms with Crippen LogP contribution in [0, 0.1) is 0 Å². The molecule has 0 spiro atoms. The standard InChI is InChI=1S/C13H12N2O.ClH/c16-13(11-7-3-1-4-8-11)15-14-12-9-5-2-6-10-12;/h1-10,14H,(H,15,16);1H. The number of amides is 1. The van der Waals surface area contributed by atoms with E-state index in [0.29, 0.717) is 5.56 Å². The van der Waals surface area contributed by atoms with E-state index in [9.17, 15) is 4.79 Å². The van der Waals surface area contributed by atoms with Crippen LogP contribution < -0.4 is 10.9 Å². The van der Waals surface area contributed by atoms with Gasteiger partial charge in [-0.1, -0.05) is 36.4 Å². The Hall–Kier alpha value is -2.00. The number of hydrogen-bond donors (Lipinski definition) is 2. The summed E-state index contributed by atoms with van der Waals surface area (Å²) >= 11 is 0. The molecule has 2 rings (SSSR count). The number of anilines is 1. The van der Waals surface area contributed by atoms with Crippen molar-refractivity contribution in [2.45, 2.75) is 0 Å². The second-order valence-electron chi connectivity index (χ2n) is 3.31. The fraction of sp³-hybridized carbons (Fsp3) is 0. The van der Waals surface area contributed by atoms with Gasteiger partial charge in [0.1, 0.15) is 0 Å². The number of carbonyl (C=O) groups is 1. The van der Waals surface area contributed by atoms with Gasteiger partial charge in [0.2, 0.25) is 0 Å². The van der Waals surface area contributed by atoms with Gasteiger partial charge in [0, 0.05) is 5.56 Å². The van der Waals surface area contributed by atoms with Crippen LogP contribution in [0.3, 0.4) is 0 Å². The first-order chi connectivity index (χ1) is 7.86. The highest BCUT2D eigenvalue weighted by molar-refractivity contribution is 5.94. The molecule has 2 aromatic carbocycles. The number of carbonyl (C=O) groups excluding carboxylic acids is 1. The lowest BCUT2D eigenvalue weighted by Gasteiger charge is -2.07. The minimum Gasteiger partial charge on any atom is -0.298 e. The zero-order valence-corrected chi connectivity index (χ0v) is 9.91. The lowest BCUT2D eigenvalue weighted by Crippen LogP contribution is -2.29. The van der Waals surface area contributed by atoms with Crippen molar-refractivity contribution in [2.24, 2.45) is 0 Å². The monoisotopic (exact) mass is 248 g/mol. The Morgan fingerprint density at radius 3 is 1.94 bits per heavy atom. The molecule has 0 unspecified atom stereocenters. The molecule has 2 N–H and O–H groups in total. The van der Waals surface area contributed by atoms with Gasteiger partial charge >= 0.3 is 0 Å². The molecule has 0 heterocycles. The van der Waals surface area contributed by atoms with Gasteiger partial charge in [-0.15, -0.1) is 12.4 Å². The number of hydrogen-bond acceptors (Lipinski definition) is 2. The molecule has 0 aromatic heterocycles. The summed E-state index contributed by atoms with van der Waals surface area (Å²) in [5.41, 5.74) is 6.95. The Morgan fingerprint density at radius 2 is 1.35 bits per heavy atom. The van der Waals surface area contributed by atoms with E-state index in [-0.39, 0.29) is 18.3 Å². The summed E-state index contributed by atoms with van der Waals surface area (Å²) in [6.07, 6.45) is 0. The van der Waals surface area contributed by atoms with Crippen LogP contribution >= 0.6 is 12.4 Å². The van der Waals surface area contributed by atoms with E-state index in [1.807, 2.05) is 48.5 Å². The predicted octanol–water partition coefficient (Wildman–Crippen LogP) is 2.87. The zero-order valence-electron chi connectivity index (χ0n) is 9.09. The summed E-state index contributed by atoms with van der Waals surface area (Å²) in [6, 6.07) is 18.6. The summed E-state index contributed by atoms with van der Waals surface area (Å²) in [6.45, 7) is 0. The highest BCUT2D eigenvalue weighted by Crippen LogP contribution is 2.03. The third-order valence-corrected chi connectivity index (χ3v) is 2.13. The second-order valence-corrected chi connectivity index (χ2v) is 3.31. The fourth-order valence-electron chi connectivity index (χ4n) is 1.31. The smallest absolute Gasteiger partial charge is 0.269 e. The van der Waals surface area contributed by atoms with Crippen LogP contribution in [0.5, 0.6) is 0 Å². The van der Waals surface area contributed by atoms with Crippen molar-refractivity contribution in [1.29, 1.82) is 0 Å². The maximum atomic E-state index is 11.6. The molecule has 0 aliphatic heterocycles. The number of halogens is 1. The SMILES string of the molecule is Cl.O=C(NNc1ccccc1)c1ccccc1. The Balaban J connectivity index is 0.00000144. The average Bonchev–Trinajstić information content (AvgIpc) is 2.38. The van der Waals surface area contributed by atoms with Gasteiger partial charge in [-0.2, -0.15) is 0 Å². The van der Waals surface area contributed by atoms with E-state index >= 15 is 0 Å². The molecule has 4 heteroatoms. The van der Waals surface area contributed by atoms with Crippen LogP contribution in [0.4, 0.5) is 5.69 Å². The Morgan fingerprint density at radius 1 is 0.824 bits per heavy atom. The van der Waals surface area contributed by atoms with E-state index in [2.05, 4.69) is 10.9 Å². The van der Waals surface area contributed by atoms with Crippen LogP contribution in [-0.4, -0.2) is 5.91 Å².